The summed E-state index contributed by atoms with van der Waals surface area (Å²) in [6, 6.07) is 2.21. The minimum atomic E-state index is 0.617. The molecule has 0 amide bonds. The standard InChI is InChI=1S/C13H19N5/c1-9-10(2)17-18-13(12(9)7-14)16-6-4-11-3-5-15-8-11/h11,15H,3-6,8H2,1-2H3,(H,16,18). The van der Waals surface area contributed by atoms with Gasteiger partial charge in [0.05, 0.1) is 5.69 Å². The summed E-state index contributed by atoms with van der Waals surface area (Å²) in [4.78, 5) is 0. The molecule has 1 unspecified atom stereocenters. The van der Waals surface area contributed by atoms with E-state index in [1.165, 1.54) is 6.42 Å². The van der Waals surface area contributed by atoms with E-state index in [0.29, 0.717) is 11.4 Å². The molecule has 0 bridgehead atoms. The van der Waals surface area contributed by atoms with E-state index in [1.54, 1.807) is 0 Å². The Morgan fingerprint density at radius 2 is 2.28 bits per heavy atom. The second kappa shape index (κ2) is 5.78. The van der Waals surface area contributed by atoms with Crippen LogP contribution in [0.2, 0.25) is 0 Å². The Morgan fingerprint density at radius 1 is 1.44 bits per heavy atom. The van der Waals surface area contributed by atoms with E-state index in [1.807, 2.05) is 13.8 Å². The van der Waals surface area contributed by atoms with Crippen LogP contribution < -0.4 is 10.6 Å². The lowest BCUT2D eigenvalue weighted by Gasteiger charge is -2.11. The molecule has 1 aromatic heterocycles. The van der Waals surface area contributed by atoms with Gasteiger partial charge in [0.15, 0.2) is 5.82 Å². The van der Waals surface area contributed by atoms with Gasteiger partial charge in [-0.25, -0.2) is 0 Å². The van der Waals surface area contributed by atoms with Crippen molar-refractivity contribution in [3.63, 3.8) is 0 Å². The van der Waals surface area contributed by atoms with Crippen molar-refractivity contribution in [2.45, 2.75) is 26.7 Å². The molecule has 0 aliphatic carbocycles. The highest BCUT2D eigenvalue weighted by molar-refractivity contribution is 5.55. The van der Waals surface area contributed by atoms with Crippen LogP contribution in [0.3, 0.4) is 0 Å². The van der Waals surface area contributed by atoms with Gasteiger partial charge >= 0.3 is 0 Å². The Morgan fingerprint density at radius 3 is 2.94 bits per heavy atom. The highest BCUT2D eigenvalue weighted by atomic mass is 15.2. The molecule has 0 saturated carbocycles. The first-order chi connectivity index (χ1) is 8.72. The smallest absolute Gasteiger partial charge is 0.166 e. The normalized spacial score (nSPS) is 18.6. The summed E-state index contributed by atoms with van der Waals surface area (Å²) in [5, 5.41) is 23.9. The van der Waals surface area contributed by atoms with Gasteiger partial charge in [0, 0.05) is 6.54 Å². The molecule has 1 fully saturated rings. The quantitative estimate of drug-likeness (QED) is 0.838. The molecule has 5 heteroatoms. The Kier molecular flexibility index (Phi) is 4.11. The van der Waals surface area contributed by atoms with E-state index in [2.05, 4.69) is 26.9 Å². The molecule has 0 aromatic carbocycles. The molecule has 0 spiro atoms. The maximum atomic E-state index is 9.17. The summed E-state index contributed by atoms with van der Waals surface area (Å²) in [5.74, 6) is 1.36. The largest absolute Gasteiger partial charge is 0.367 e. The first-order valence-electron chi connectivity index (χ1n) is 6.41. The van der Waals surface area contributed by atoms with Gasteiger partial charge in [-0.2, -0.15) is 10.4 Å². The minimum absolute atomic E-state index is 0.617. The zero-order valence-corrected chi connectivity index (χ0v) is 11.0. The first kappa shape index (κ1) is 12.8. The number of nitrogens with one attached hydrogen (secondary N) is 2. The van der Waals surface area contributed by atoms with Crippen LogP contribution in [-0.4, -0.2) is 29.8 Å². The molecule has 2 N–H and O–H groups in total. The van der Waals surface area contributed by atoms with Gasteiger partial charge < -0.3 is 10.6 Å². The molecule has 5 nitrogen and oxygen atoms in total. The zero-order chi connectivity index (χ0) is 13.0. The van der Waals surface area contributed by atoms with Gasteiger partial charge in [0.25, 0.3) is 0 Å². The van der Waals surface area contributed by atoms with Crippen LogP contribution in [0.15, 0.2) is 0 Å². The van der Waals surface area contributed by atoms with Crippen LogP contribution in [-0.2, 0) is 0 Å². The van der Waals surface area contributed by atoms with Gasteiger partial charge in [0.1, 0.15) is 11.6 Å². The van der Waals surface area contributed by atoms with Crippen molar-refractivity contribution in [1.29, 1.82) is 5.26 Å². The summed E-state index contributed by atoms with van der Waals surface area (Å²) in [6.07, 6.45) is 2.35. The Balaban J connectivity index is 1.96. The maximum absolute atomic E-state index is 9.17. The molecule has 1 aromatic rings. The fourth-order valence-corrected chi connectivity index (χ4v) is 2.22. The van der Waals surface area contributed by atoms with E-state index in [9.17, 15) is 0 Å². The predicted octanol–water partition coefficient (Wildman–Crippen LogP) is 1.38. The highest BCUT2D eigenvalue weighted by Crippen LogP contribution is 2.18. The monoisotopic (exact) mass is 245 g/mol. The summed E-state index contributed by atoms with van der Waals surface area (Å²) in [7, 11) is 0. The molecule has 18 heavy (non-hydrogen) atoms. The van der Waals surface area contributed by atoms with Gasteiger partial charge in [0.2, 0.25) is 0 Å². The molecular formula is C13H19N5. The summed E-state index contributed by atoms with van der Waals surface area (Å²) < 4.78 is 0. The van der Waals surface area contributed by atoms with E-state index in [4.69, 9.17) is 5.26 Å². The maximum Gasteiger partial charge on any atom is 0.166 e. The molecule has 1 aliphatic heterocycles. The fourth-order valence-electron chi connectivity index (χ4n) is 2.22. The fraction of sp³-hybridized carbons (Fsp3) is 0.615. The SMILES string of the molecule is Cc1nnc(NCCC2CCNC2)c(C#N)c1C. The van der Waals surface area contributed by atoms with Crippen LogP contribution in [0.25, 0.3) is 0 Å². The average molecular weight is 245 g/mol. The molecule has 1 saturated heterocycles. The Bertz CT molecular complexity index is 457. The summed E-state index contributed by atoms with van der Waals surface area (Å²) in [5.41, 5.74) is 2.35. The second-order valence-electron chi connectivity index (χ2n) is 4.82. The second-order valence-corrected chi connectivity index (χ2v) is 4.82. The number of aryl methyl sites for hydroxylation is 1. The van der Waals surface area contributed by atoms with E-state index >= 15 is 0 Å². The number of anilines is 1. The van der Waals surface area contributed by atoms with Crippen LogP contribution in [0.1, 0.15) is 29.7 Å². The van der Waals surface area contributed by atoms with Gasteiger partial charge in [-0.3, -0.25) is 0 Å². The van der Waals surface area contributed by atoms with Gasteiger partial charge in [-0.15, -0.1) is 5.10 Å². The third-order valence-corrected chi connectivity index (χ3v) is 3.57. The van der Waals surface area contributed by atoms with Crippen molar-refractivity contribution in [3.05, 3.63) is 16.8 Å². The molecule has 0 radical (unpaired) electrons. The average Bonchev–Trinajstić information content (AvgIpc) is 2.87. The van der Waals surface area contributed by atoms with Gasteiger partial charge in [-0.1, -0.05) is 0 Å². The minimum Gasteiger partial charge on any atom is -0.367 e. The Hall–Kier alpha value is -1.67. The molecule has 2 heterocycles. The predicted molar refractivity (Wildman–Crippen MR) is 70.3 cm³/mol. The van der Waals surface area contributed by atoms with Crippen LogP contribution in [0.4, 0.5) is 5.82 Å². The van der Waals surface area contributed by atoms with Crippen molar-refractivity contribution in [2.24, 2.45) is 5.92 Å². The molecular weight excluding hydrogens is 226 g/mol. The molecule has 1 aliphatic rings. The van der Waals surface area contributed by atoms with Gasteiger partial charge in [-0.05, 0) is 51.3 Å². The van der Waals surface area contributed by atoms with Crippen molar-refractivity contribution in [3.8, 4) is 6.07 Å². The van der Waals surface area contributed by atoms with Crippen molar-refractivity contribution < 1.29 is 0 Å². The third kappa shape index (κ3) is 2.77. The highest BCUT2D eigenvalue weighted by Gasteiger charge is 2.15. The topological polar surface area (TPSA) is 73.6 Å². The zero-order valence-electron chi connectivity index (χ0n) is 11.0. The molecule has 2 rings (SSSR count). The van der Waals surface area contributed by atoms with Crippen molar-refractivity contribution in [1.82, 2.24) is 15.5 Å². The number of aromatic nitrogens is 2. The molecule has 96 valence electrons. The van der Waals surface area contributed by atoms with Crippen molar-refractivity contribution in [2.75, 3.05) is 25.0 Å². The van der Waals surface area contributed by atoms with E-state index in [-0.39, 0.29) is 0 Å². The van der Waals surface area contributed by atoms with Crippen LogP contribution >= 0.6 is 0 Å². The van der Waals surface area contributed by atoms with Crippen LogP contribution in [0.5, 0.6) is 0 Å². The Labute approximate surface area is 108 Å². The lowest BCUT2D eigenvalue weighted by Crippen LogP contribution is -2.14. The molecule has 1 atom stereocenters. The third-order valence-electron chi connectivity index (χ3n) is 3.57. The first-order valence-corrected chi connectivity index (χ1v) is 6.41. The van der Waals surface area contributed by atoms with Crippen molar-refractivity contribution >= 4 is 5.82 Å². The van der Waals surface area contributed by atoms with Crippen LogP contribution in [0, 0.1) is 31.1 Å². The van der Waals surface area contributed by atoms with E-state index < -0.39 is 0 Å². The van der Waals surface area contributed by atoms with E-state index in [0.717, 1.165) is 43.2 Å². The number of nitriles is 1. The lowest BCUT2D eigenvalue weighted by atomic mass is 10.1. The number of rotatable bonds is 4. The lowest BCUT2D eigenvalue weighted by molar-refractivity contribution is 0.548. The number of hydrogen-bond acceptors (Lipinski definition) is 5. The number of nitrogens with zero attached hydrogens (tertiary/aromatic N) is 3. The summed E-state index contributed by atoms with van der Waals surface area (Å²) in [6.45, 7) is 6.85. The number of hydrogen-bond donors (Lipinski definition) is 2. The summed E-state index contributed by atoms with van der Waals surface area (Å²) >= 11 is 0.